The highest BCUT2D eigenvalue weighted by molar-refractivity contribution is 8.03. The Kier molecular flexibility index (Phi) is 2.45. The number of methoxy groups -OCH3 is 1. The van der Waals surface area contributed by atoms with Crippen molar-refractivity contribution in [2.24, 2.45) is 0 Å². The van der Waals surface area contributed by atoms with Crippen molar-refractivity contribution in [3.05, 3.63) is 34.7 Å². The summed E-state index contributed by atoms with van der Waals surface area (Å²) in [6.45, 7) is 0. The summed E-state index contributed by atoms with van der Waals surface area (Å²) in [5.41, 5.74) is 2.59. The highest BCUT2D eigenvalue weighted by Gasteiger charge is 2.09. The molecule has 0 atom stereocenters. The number of hydrogen-bond acceptors (Lipinski definition) is 4. The zero-order valence-electron chi connectivity index (χ0n) is 7.61. The Labute approximate surface area is 86.3 Å². The van der Waals surface area contributed by atoms with Crippen LogP contribution in [-0.4, -0.2) is 13.1 Å². The van der Waals surface area contributed by atoms with Gasteiger partial charge in [0.25, 0.3) is 0 Å². The minimum Gasteiger partial charge on any atom is -0.465 e. The van der Waals surface area contributed by atoms with Gasteiger partial charge in [-0.05, 0) is 41.1 Å². The number of nitrogens with one attached hydrogen (secondary N) is 1. The first kappa shape index (κ1) is 9.15. The first-order valence-electron chi connectivity index (χ1n) is 4.12. The summed E-state index contributed by atoms with van der Waals surface area (Å²) < 4.78 is 7.74. The quantitative estimate of drug-likeness (QED) is 0.567. The van der Waals surface area contributed by atoms with Gasteiger partial charge in [-0.1, -0.05) is 6.07 Å². The topological polar surface area (TPSA) is 38.3 Å². The summed E-state index contributed by atoms with van der Waals surface area (Å²) in [6, 6.07) is 5.44. The van der Waals surface area contributed by atoms with Gasteiger partial charge >= 0.3 is 5.97 Å². The van der Waals surface area contributed by atoms with Crippen molar-refractivity contribution in [1.29, 1.82) is 0 Å². The molecule has 1 aliphatic heterocycles. The summed E-state index contributed by atoms with van der Waals surface area (Å²) in [6.07, 6.45) is 2.00. The number of esters is 1. The molecular formula is C10H9NO2S. The maximum absolute atomic E-state index is 11.2. The van der Waals surface area contributed by atoms with E-state index in [0.29, 0.717) is 5.56 Å². The molecule has 1 aliphatic rings. The lowest BCUT2D eigenvalue weighted by molar-refractivity contribution is 0.0601. The van der Waals surface area contributed by atoms with Crippen LogP contribution in [0.25, 0.3) is 6.08 Å². The van der Waals surface area contributed by atoms with Crippen molar-refractivity contribution in [1.82, 2.24) is 0 Å². The van der Waals surface area contributed by atoms with Crippen molar-refractivity contribution < 1.29 is 9.53 Å². The molecule has 4 heteroatoms. The number of anilines is 1. The maximum Gasteiger partial charge on any atom is 0.337 e. The molecule has 0 radical (unpaired) electrons. The van der Waals surface area contributed by atoms with Gasteiger partial charge in [0.15, 0.2) is 0 Å². The first-order valence-corrected chi connectivity index (χ1v) is 5.00. The predicted molar refractivity (Wildman–Crippen MR) is 58.0 cm³/mol. The third-order valence-corrected chi connectivity index (χ3v) is 2.57. The van der Waals surface area contributed by atoms with Crippen LogP contribution in [0.15, 0.2) is 23.6 Å². The van der Waals surface area contributed by atoms with Crippen molar-refractivity contribution in [2.45, 2.75) is 0 Å². The van der Waals surface area contributed by atoms with Crippen LogP contribution < -0.4 is 4.72 Å². The first-order chi connectivity index (χ1) is 6.81. The Morgan fingerprint density at radius 1 is 1.50 bits per heavy atom. The second-order valence-corrected chi connectivity index (χ2v) is 3.53. The Balaban J connectivity index is 2.39. The van der Waals surface area contributed by atoms with Crippen LogP contribution in [0.1, 0.15) is 15.9 Å². The molecule has 0 saturated heterocycles. The molecule has 0 aromatic heterocycles. The number of hydrogen-bond donors (Lipinski definition) is 1. The van der Waals surface area contributed by atoms with Gasteiger partial charge in [-0.15, -0.1) is 0 Å². The highest BCUT2D eigenvalue weighted by atomic mass is 32.2. The van der Waals surface area contributed by atoms with Crippen LogP contribution in [0.4, 0.5) is 5.69 Å². The van der Waals surface area contributed by atoms with Gasteiger partial charge < -0.3 is 9.46 Å². The lowest BCUT2D eigenvalue weighted by Gasteiger charge is -2.12. The molecule has 1 N–H and O–H groups in total. The van der Waals surface area contributed by atoms with E-state index >= 15 is 0 Å². The van der Waals surface area contributed by atoms with Gasteiger partial charge in [-0.2, -0.15) is 0 Å². The van der Waals surface area contributed by atoms with Crippen LogP contribution in [0.5, 0.6) is 0 Å². The molecule has 72 valence electrons. The Bertz CT molecular complexity index is 401. The van der Waals surface area contributed by atoms with E-state index in [-0.39, 0.29) is 5.97 Å². The normalized spacial score (nSPS) is 12.9. The Morgan fingerprint density at radius 2 is 2.36 bits per heavy atom. The number of rotatable bonds is 1. The lowest BCUT2D eigenvalue weighted by atomic mass is 10.1. The van der Waals surface area contributed by atoms with E-state index in [1.807, 2.05) is 17.6 Å². The fourth-order valence-corrected chi connectivity index (χ4v) is 1.83. The van der Waals surface area contributed by atoms with Gasteiger partial charge in [0.2, 0.25) is 0 Å². The Morgan fingerprint density at radius 3 is 3.14 bits per heavy atom. The number of carbonyl (C=O) groups excluding carboxylic acids is 1. The third-order valence-electron chi connectivity index (χ3n) is 1.96. The number of fused-ring (bicyclic) bond motifs is 1. The molecule has 1 aromatic carbocycles. The molecule has 3 nitrogen and oxygen atoms in total. The van der Waals surface area contributed by atoms with E-state index in [1.54, 1.807) is 12.1 Å². The fourth-order valence-electron chi connectivity index (χ4n) is 1.24. The van der Waals surface area contributed by atoms with E-state index in [9.17, 15) is 4.79 Å². The zero-order chi connectivity index (χ0) is 9.97. The van der Waals surface area contributed by atoms with Crippen LogP contribution in [-0.2, 0) is 4.74 Å². The molecule has 2 rings (SSSR count). The van der Waals surface area contributed by atoms with E-state index in [0.717, 1.165) is 11.3 Å². The second-order valence-electron chi connectivity index (χ2n) is 2.82. The maximum atomic E-state index is 11.2. The third kappa shape index (κ3) is 1.61. The van der Waals surface area contributed by atoms with Crippen molar-refractivity contribution >= 4 is 29.7 Å². The molecular weight excluding hydrogens is 198 g/mol. The molecule has 0 unspecified atom stereocenters. The van der Waals surface area contributed by atoms with Crippen LogP contribution >= 0.6 is 11.9 Å². The van der Waals surface area contributed by atoms with E-state index in [4.69, 9.17) is 0 Å². The minimum atomic E-state index is -0.311. The van der Waals surface area contributed by atoms with Gasteiger partial charge in [0.05, 0.1) is 18.4 Å². The Hall–Kier alpha value is -1.42. The van der Waals surface area contributed by atoms with Crippen LogP contribution in [0, 0.1) is 0 Å². The standard InChI is InChI=1S/C10H9NO2S/c1-13-10(12)8-3-2-7-4-5-14-11-9(7)6-8/h2-6,11H,1H3. The number of benzene rings is 1. The highest BCUT2D eigenvalue weighted by Crippen LogP contribution is 2.27. The smallest absolute Gasteiger partial charge is 0.337 e. The lowest BCUT2D eigenvalue weighted by Crippen LogP contribution is -2.03. The number of carbonyl (C=O) groups is 1. The SMILES string of the molecule is COC(=O)c1ccc2c(c1)NSC=C2. The van der Waals surface area contributed by atoms with Crippen LogP contribution in [0.2, 0.25) is 0 Å². The van der Waals surface area contributed by atoms with E-state index < -0.39 is 0 Å². The summed E-state index contributed by atoms with van der Waals surface area (Å²) >= 11 is 1.48. The van der Waals surface area contributed by atoms with Gasteiger partial charge in [0.1, 0.15) is 0 Å². The zero-order valence-corrected chi connectivity index (χ0v) is 8.43. The van der Waals surface area contributed by atoms with E-state index in [2.05, 4.69) is 9.46 Å². The van der Waals surface area contributed by atoms with Gasteiger partial charge in [-0.3, -0.25) is 0 Å². The van der Waals surface area contributed by atoms with Crippen molar-refractivity contribution in [3.8, 4) is 0 Å². The number of ether oxygens (including phenoxy) is 1. The van der Waals surface area contributed by atoms with E-state index in [1.165, 1.54) is 19.1 Å². The van der Waals surface area contributed by atoms with Gasteiger partial charge in [-0.25, -0.2) is 4.79 Å². The summed E-state index contributed by atoms with van der Waals surface area (Å²) in [4.78, 5) is 11.2. The molecule has 0 fully saturated rings. The van der Waals surface area contributed by atoms with Crippen molar-refractivity contribution in [3.63, 3.8) is 0 Å². The molecule has 0 spiro atoms. The fraction of sp³-hybridized carbons (Fsp3) is 0.100. The molecule has 0 amide bonds. The van der Waals surface area contributed by atoms with Crippen LogP contribution in [0.3, 0.4) is 0 Å². The summed E-state index contributed by atoms with van der Waals surface area (Å²) in [7, 11) is 1.38. The summed E-state index contributed by atoms with van der Waals surface area (Å²) in [5.74, 6) is -0.311. The predicted octanol–water partition coefficient (Wildman–Crippen LogP) is 2.52. The molecule has 1 aromatic rings. The van der Waals surface area contributed by atoms with Crippen molar-refractivity contribution in [2.75, 3.05) is 11.8 Å². The summed E-state index contributed by atoms with van der Waals surface area (Å²) in [5, 5.41) is 1.96. The molecule has 14 heavy (non-hydrogen) atoms. The molecule has 1 heterocycles. The molecule has 0 saturated carbocycles. The minimum absolute atomic E-state index is 0.311. The van der Waals surface area contributed by atoms with Gasteiger partial charge in [0, 0.05) is 0 Å². The average Bonchev–Trinajstić information content (AvgIpc) is 2.27. The molecule has 0 aliphatic carbocycles. The monoisotopic (exact) mass is 207 g/mol. The average molecular weight is 207 g/mol. The second kappa shape index (κ2) is 3.75. The molecule has 0 bridgehead atoms. The largest absolute Gasteiger partial charge is 0.465 e.